The molecule has 7 nitrogen and oxygen atoms in total. The number of benzene rings is 4. The number of carbonyl (C=O) groups is 1. The third-order valence-corrected chi connectivity index (χ3v) is 6.75. The number of rotatable bonds is 9. The molecule has 1 aromatic heterocycles. The summed E-state index contributed by atoms with van der Waals surface area (Å²) in [4.78, 5) is 12.7. The number of phenols is 2. The van der Waals surface area contributed by atoms with Gasteiger partial charge < -0.3 is 14.9 Å². The smallest absolute Gasteiger partial charge is 0.205 e. The van der Waals surface area contributed by atoms with Crippen LogP contribution in [-0.4, -0.2) is 37.9 Å². The summed E-state index contributed by atoms with van der Waals surface area (Å²) in [5, 5.41) is 29.9. The van der Waals surface area contributed by atoms with Gasteiger partial charge >= 0.3 is 0 Å². The standard InChI is InChI=1S/C32H29N3O4/c1-3-28(36)32-34-33-31(35(32)25-15-17-26(39-2)18-16-25)27-19-24(29(37)20-30(27)38)14-11-21-9-12-23(13-10-21)22-7-5-4-6-8-22/h4-10,12-13,15-20,37-38H,3,11,14H2,1-2H3. The van der Waals surface area contributed by atoms with E-state index in [1.807, 2.05) is 18.2 Å². The summed E-state index contributed by atoms with van der Waals surface area (Å²) < 4.78 is 6.89. The van der Waals surface area contributed by atoms with Crippen molar-refractivity contribution in [2.45, 2.75) is 26.2 Å². The number of phenolic OH excluding ortho intramolecular Hbond substituents is 2. The molecule has 0 saturated heterocycles. The average Bonchev–Trinajstić information content (AvgIpc) is 3.42. The zero-order valence-corrected chi connectivity index (χ0v) is 21.8. The van der Waals surface area contributed by atoms with Gasteiger partial charge in [-0.25, -0.2) is 0 Å². The van der Waals surface area contributed by atoms with Crippen LogP contribution in [0.2, 0.25) is 0 Å². The SMILES string of the molecule is CCC(=O)c1nnc(-c2cc(CCc3ccc(-c4ccccc4)cc3)c(O)cc2O)n1-c1ccc(OC)cc1. The van der Waals surface area contributed by atoms with Crippen molar-refractivity contribution >= 4 is 5.78 Å². The van der Waals surface area contributed by atoms with E-state index in [4.69, 9.17) is 4.74 Å². The number of methoxy groups -OCH3 is 1. The fraction of sp³-hybridized carbons (Fsp3) is 0.156. The van der Waals surface area contributed by atoms with E-state index in [2.05, 4.69) is 46.6 Å². The molecule has 0 unspecified atom stereocenters. The summed E-state index contributed by atoms with van der Waals surface area (Å²) in [6.07, 6.45) is 1.49. The zero-order valence-electron chi connectivity index (χ0n) is 21.8. The molecular formula is C32H29N3O4. The summed E-state index contributed by atoms with van der Waals surface area (Å²) >= 11 is 0. The first-order chi connectivity index (χ1) is 19.0. The lowest BCUT2D eigenvalue weighted by Crippen LogP contribution is -2.09. The average molecular weight is 520 g/mol. The van der Waals surface area contributed by atoms with Crippen molar-refractivity contribution in [2.75, 3.05) is 7.11 Å². The summed E-state index contributed by atoms with van der Waals surface area (Å²) in [5.74, 6) is 0.817. The van der Waals surface area contributed by atoms with E-state index in [1.165, 1.54) is 6.07 Å². The highest BCUT2D eigenvalue weighted by molar-refractivity contribution is 5.94. The quantitative estimate of drug-likeness (QED) is 0.219. The van der Waals surface area contributed by atoms with Crippen molar-refractivity contribution < 1.29 is 19.7 Å². The summed E-state index contributed by atoms with van der Waals surface area (Å²) in [6, 6.07) is 28.8. The number of Topliss-reactive ketones (excluding diaryl/α,β-unsaturated/α-hetero) is 1. The molecule has 1 heterocycles. The molecule has 196 valence electrons. The second-order valence-corrected chi connectivity index (χ2v) is 9.22. The van der Waals surface area contributed by atoms with Gasteiger partial charge in [-0.05, 0) is 65.4 Å². The van der Waals surface area contributed by atoms with Gasteiger partial charge in [0.2, 0.25) is 5.82 Å². The first-order valence-electron chi connectivity index (χ1n) is 12.8. The van der Waals surface area contributed by atoms with Gasteiger partial charge in [0.25, 0.3) is 0 Å². The van der Waals surface area contributed by atoms with Crippen LogP contribution < -0.4 is 4.74 Å². The molecular weight excluding hydrogens is 490 g/mol. The Morgan fingerprint density at radius 1 is 0.821 bits per heavy atom. The van der Waals surface area contributed by atoms with Gasteiger partial charge in [-0.15, -0.1) is 10.2 Å². The minimum absolute atomic E-state index is 0.00229. The highest BCUT2D eigenvalue weighted by Gasteiger charge is 2.23. The summed E-state index contributed by atoms with van der Waals surface area (Å²) in [6.45, 7) is 1.76. The molecule has 0 aliphatic heterocycles. The Balaban J connectivity index is 1.46. The predicted molar refractivity (Wildman–Crippen MR) is 151 cm³/mol. The van der Waals surface area contributed by atoms with Gasteiger partial charge in [0.15, 0.2) is 11.6 Å². The number of hydrogen-bond acceptors (Lipinski definition) is 6. The zero-order chi connectivity index (χ0) is 27.4. The molecule has 5 aromatic rings. The molecule has 4 aromatic carbocycles. The van der Waals surface area contributed by atoms with Crippen LogP contribution >= 0.6 is 0 Å². The van der Waals surface area contributed by atoms with E-state index in [-0.39, 0.29) is 29.5 Å². The molecule has 0 amide bonds. The largest absolute Gasteiger partial charge is 0.508 e. The number of ether oxygens (including phenoxy) is 1. The molecule has 39 heavy (non-hydrogen) atoms. The molecule has 0 radical (unpaired) electrons. The Morgan fingerprint density at radius 3 is 2.18 bits per heavy atom. The molecule has 0 aliphatic carbocycles. The van der Waals surface area contributed by atoms with E-state index in [0.717, 1.165) is 16.7 Å². The fourth-order valence-corrected chi connectivity index (χ4v) is 4.55. The minimum atomic E-state index is -0.179. The Morgan fingerprint density at radius 2 is 1.51 bits per heavy atom. The Labute approximate surface area is 227 Å². The fourth-order valence-electron chi connectivity index (χ4n) is 4.55. The Bertz CT molecular complexity index is 1590. The Kier molecular flexibility index (Phi) is 7.41. The lowest BCUT2D eigenvalue weighted by molar-refractivity contribution is 0.0976. The van der Waals surface area contributed by atoms with E-state index >= 15 is 0 Å². The number of aromatic hydroxyl groups is 2. The molecule has 2 N–H and O–H groups in total. The van der Waals surface area contributed by atoms with Crippen LogP contribution in [0.3, 0.4) is 0 Å². The number of carbonyl (C=O) groups excluding carboxylic acids is 1. The van der Waals surface area contributed by atoms with Crippen molar-refractivity contribution in [3.05, 3.63) is 108 Å². The first kappa shape index (κ1) is 25.7. The third-order valence-electron chi connectivity index (χ3n) is 6.75. The maximum atomic E-state index is 12.7. The second kappa shape index (κ2) is 11.2. The number of nitrogens with zero attached hydrogens (tertiary/aromatic N) is 3. The van der Waals surface area contributed by atoms with Crippen LogP contribution in [-0.2, 0) is 12.8 Å². The molecule has 5 rings (SSSR count). The number of hydrogen-bond donors (Lipinski definition) is 2. The van der Waals surface area contributed by atoms with Crippen LogP contribution in [0.25, 0.3) is 28.2 Å². The van der Waals surface area contributed by atoms with Gasteiger partial charge in [-0.2, -0.15) is 0 Å². The van der Waals surface area contributed by atoms with Gasteiger partial charge in [0.1, 0.15) is 17.2 Å². The summed E-state index contributed by atoms with van der Waals surface area (Å²) in [5.41, 5.74) is 5.11. The maximum Gasteiger partial charge on any atom is 0.205 e. The van der Waals surface area contributed by atoms with Crippen molar-refractivity contribution in [1.82, 2.24) is 14.8 Å². The lowest BCUT2D eigenvalue weighted by atomic mass is 9.98. The van der Waals surface area contributed by atoms with Crippen molar-refractivity contribution in [1.29, 1.82) is 0 Å². The normalized spacial score (nSPS) is 10.9. The lowest BCUT2D eigenvalue weighted by Gasteiger charge is -2.13. The van der Waals surface area contributed by atoms with Crippen LogP contribution in [0.1, 0.15) is 35.1 Å². The molecule has 0 saturated carbocycles. The van der Waals surface area contributed by atoms with Gasteiger partial charge in [0, 0.05) is 18.2 Å². The molecule has 0 aliphatic rings. The molecule has 7 heteroatoms. The maximum absolute atomic E-state index is 12.7. The van der Waals surface area contributed by atoms with E-state index < -0.39 is 0 Å². The highest BCUT2D eigenvalue weighted by atomic mass is 16.5. The van der Waals surface area contributed by atoms with E-state index in [1.54, 1.807) is 48.9 Å². The summed E-state index contributed by atoms with van der Waals surface area (Å²) in [7, 11) is 1.58. The molecule has 0 spiro atoms. The third kappa shape index (κ3) is 5.38. The molecule has 0 atom stereocenters. The monoisotopic (exact) mass is 519 g/mol. The first-order valence-corrected chi connectivity index (χ1v) is 12.8. The van der Waals surface area contributed by atoms with Crippen molar-refractivity contribution in [3.63, 3.8) is 0 Å². The van der Waals surface area contributed by atoms with Gasteiger partial charge in [-0.3, -0.25) is 9.36 Å². The van der Waals surface area contributed by atoms with E-state index in [9.17, 15) is 15.0 Å². The van der Waals surface area contributed by atoms with E-state index in [0.29, 0.717) is 41.2 Å². The van der Waals surface area contributed by atoms with Gasteiger partial charge in [0.05, 0.1) is 12.7 Å². The number of aryl methyl sites for hydroxylation is 2. The highest BCUT2D eigenvalue weighted by Crippen LogP contribution is 2.36. The second-order valence-electron chi connectivity index (χ2n) is 9.22. The Hall–Kier alpha value is -4.91. The van der Waals surface area contributed by atoms with Crippen LogP contribution in [0.4, 0.5) is 0 Å². The van der Waals surface area contributed by atoms with Gasteiger partial charge in [-0.1, -0.05) is 61.5 Å². The van der Waals surface area contributed by atoms with Crippen LogP contribution in [0.15, 0.2) is 91.0 Å². The van der Waals surface area contributed by atoms with Crippen LogP contribution in [0, 0.1) is 0 Å². The number of ketones is 1. The molecule has 0 bridgehead atoms. The molecule has 0 fully saturated rings. The number of aromatic nitrogens is 3. The van der Waals surface area contributed by atoms with Crippen molar-refractivity contribution in [2.24, 2.45) is 0 Å². The minimum Gasteiger partial charge on any atom is -0.508 e. The van der Waals surface area contributed by atoms with Crippen LogP contribution in [0.5, 0.6) is 17.2 Å². The topological polar surface area (TPSA) is 97.5 Å². The predicted octanol–water partition coefficient (Wildman–Crippen LogP) is 6.40. The van der Waals surface area contributed by atoms with Crippen molar-refractivity contribution in [3.8, 4) is 45.5 Å².